The van der Waals surface area contributed by atoms with E-state index in [0.717, 1.165) is 38.0 Å². The first-order valence-electron chi connectivity index (χ1n) is 11.4. The number of carbonyl (C=O) groups excluding carboxylic acids is 2. The van der Waals surface area contributed by atoms with E-state index in [4.69, 9.17) is 9.47 Å². The van der Waals surface area contributed by atoms with Crippen molar-refractivity contribution in [2.45, 2.75) is 52.6 Å². The molecule has 0 atom stereocenters. The second kappa shape index (κ2) is 11.5. The van der Waals surface area contributed by atoms with E-state index in [1.54, 1.807) is 0 Å². The standard InChI is InChI=1S/C24H36N2O4/c1-3-29-23(27)17-25(13-19-5-6-19)15-21-9-11-22(12-10-21)16-26(14-20-7-8-20)18-24(28)30-4-2/h9-12,19-20H,3-8,13-18H2,1-2H3. The molecule has 0 radical (unpaired) electrons. The van der Waals surface area contributed by atoms with Crippen LogP contribution >= 0.6 is 0 Å². The fourth-order valence-corrected chi connectivity index (χ4v) is 3.75. The summed E-state index contributed by atoms with van der Waals surface area (Å²) in [5.74, 6) is 1.14. The summed E-state index contributed by atoms with van der Waals surface area (Å²) in [6.45, 7) is 8.65. The van der Waals surface area contributed by atoms with Gasteiger partial charge >= 0.3 is 11.9 Å². The van der Waals surface area contributed by atoms with Gasteiger partial charge in [-0.05, 0) is 62.5 Å². The van der Waals surface area contributed by atoms with Crippen LogP contribution in [0.3, 0.4) is 0 Å². The highest BCUT2D eigenvalue weighted by Crippen LogP contribution is 2.31. The van der Waals surface area contributed by atoms with Crippen molar-refractivity contribution in [3.05, 3.63) is 35.4 Å². The number of hydrogen-bond donors (Lipinski definition) is 0. The van der Waals surface area contributed by atoms with Gasteiger partial charge in [0.1, 0.15) is 0 Å². The van der Waals surface area contributed by atoms with E-state index in [9.17, 15) is 9.59 Å². The average Bonchev–Trinajstić information content (AvgIpc) is 3.61. The molecule has 0 unspecified atom stereocenters. The van der Waals surface area contributed by atoms with E-state index < -0.39 is 0 Å². The molecule has 0 amide bonds. The molecule has 0 bridgehead atoms. The van der Waals surface area contributed by atoms with Gasteiger partial charge in [0.05, 0.1) is 26.3 Å². The SMILES string of the molecule is CCOC(=O)CN(Cc1ccc(CN(CC(=O)OCC)CC2CC2)cc1)CC1CC1. The van der Waals surface area contributed by atoms with Gasteiger partial charge in [-0.3, -0.25) is 19.4 Å². The minimum absolute atomic E-state index is 0.149. The van der Waals surface area contributed by atoms with Crippen molar-refractivity contribution in [2.24, 2.45) is 11.8 Å². The maximum atomic E-state index is 11.9. The predicted molar refractivity (Wildman–Crippen MR) is 116 cm³/mol. The third kappa shape index (κ3) is 8.44. The smallest absolute Gasteiger partial charge is 0.320 e. The lowest BCUT2D eigenvalue weighted by molar-refractivity contribution is -0.145. The molecular formula is C24H36N2O4. The summed E-state index contributed by atoms with van der Waals surface area (Å²) >= 11 is 0. The van der Waals surface area contributed by atoms with E-state index in [-0.39, 0.29) is 11.9 Å². The van der Waals surface area contributed by atoms with Crippen LogP contribution in [0.1, 0.15) is 50.7 Å². The molecule has 3 rings (SSSR count). The van der Waals surface area contributed by atoms with Crippen molar-refractivity contribution in [3.8, 4) is 0 Å². The van der Waals surface area contributed by atoms with Crippen molar-refractivity contribution in [1.82, 2.24) is 9.80 Å². The summed E-state index contributed by atoms with van der Waals surface area (Å²) in [6, 6.07) is 8.56. The lowest BCUT2D eigenvalue weighted by Crippen LogP contribution is -2.33. The van der Waals surface area contributed by atoms with Gasteiger partial charge < -0.3 is 9.47 Å². The van der Waals surface area contributed by atoms with Crippen LogP contribution in [-0.2, 0) is 32.2 Å². The Morgan fingerprint density at radius 1 is 0.767 bits per heavy atom. The summed E-state index contributed by atoms with van der Waals surface area (Å²) in [6.07, 6.45) is 5.04. The molecule has 166 valence electrons. The van der Waals surface area contributed by atoms with Gasteiger partial charge in [0.15, 0.2) is 0 Å². The van der Waals surface area contributed by atoms with Gasteiger partial charge in [0.2, 0.25) is 0 Å². The minimum atomic E-state index is -0.149. The van der Waals surface area contributed by atoms with E-state index in [2.05, 4.69) is 34.1 Å². The topological polar surface area (TPSA) is 59.1 Å². The fraction of sp³-hybridized carbons (Fsp3) is 0.667. The van der Waals surface area contributed by atoms with Crippen molar-refractivity contribution >= 4 is 11.9 Å². The van der Waals surface area contributed by atoms with Crippen LogP contribution < -0.4 is 0 Å². The van der Waals surface area contributed by atoms with Crippen molar-refractivity contribution in [1.29, 1.82) is 0 Å². The Morgan fingerprint density at radius 2 is 1.13 bits per heavy atom. The van der Waals surface area contributed by atoms with Gasteiger partial charge in [0.25, 0.3) is 0 Å². The van der Waals surface area contributed by atoms with Crippen LogP contribution in [0.5, 0.6) is 0 Å². The third-order valence-corrected chi connectivity index (χ3v) is 5.58. The molecule has 2 fully saturated rings. The van der Waals surface area contributed by atoms with E-state index in [0.29, 0.717) is 26.3 Å². The first kappa shape index (κ1) is 22.8. The Kier molecular flexibility index (Phi) is 8.70. The quantitative estimate of drug-likeness (QED) is 0.434. The molecule has 0 aromatic heterocycles. The molecule has 1 aromatic rings. The highest BCUT2D eigenvalue weighted by atomic mass is 16.5. The molecule has 2 saturated carbocycles. The molecule has 0 aliphatic heterocycles. The van der Waals surface area contributed by atoms with Gasteiger partial charge in [-0.2, -0.15) is 0 Å². The number of rotatable bonds is 14. The molecule has 0 saturated heterocycles. The molecule has 2 aliphatic carbocycles. The molecule has 0 heterocycles. The maximum Gasteiger partial charge on any atom is 0.320 e. The minimum Gasteiger partial charge on any atom is -0.465 e. The largest absolute Gasteiger partial charge is 0.465 e. The van der Waals surface area contributed by atoms with Crippen LogP contribution in [0.15, 0.2) is 24.3 Å². The van der Waals surface area contributed by atoms with E-state index in [1.165, 1.54) is 36.8 Å². The maximum absolute atomic E-state index is 11.9. The number of benzene rings is 1. The van der Waals surface area contributed by atoms with E-state index >= 15 is 0 Å². The van der Waals surface area contributed by atoms with Crippen LogP contribution in [0.2, 0.25) is 0 Å². The summed E-state index contributed by atoms with van der Waals surface area (Å²) in [7, 11) is 0. The summed E-state index contributed by atoms with van der Waals surface area (Å²) < 4.78 is 10.3. The molecule has 0 spiro atoms. The molecular weight excluding hydrogens is 380 g/mol. The monoisotopic (exact) mass is 416 g/mol. The zero-order valence-electron chi connectivity index (χ0n) is 18.5. The van der Waals surface area contributed by atoms with Crippen molar-refractivity contribution < 1.29 is 19.1 Å². The Hall–Kier alpha value is -1.92. The van der Waals surface area contributed by atoms with Gasteiger partial charge in [0, 0.05) is 26.2 Å². The Balaban J connectivity index is 1.54. The first-order valence-corrected chi connectivity index (χ1v) is 11.4. The number of nitrogens with zero attached hydrogens (tertiary/aromatic N) is 2. The zero-order valence-corrected chi connectivity index (χ0v) is 18.5. The molecule has 2 aliphatic rings. The van der Waals surface area contributed by atoms with Crippen LogP contribution in [0, 0.1) is 11.8 Å². The Bertz CT molecular complexity index is 624. The molecule has 6 heteroatoms. The lowest BCUT2D eigenvalue weighted by atomic mass is 10.1. The van der Waals surface area contributed by atoms with Gasteiger partial charge in [-0.15, -0.1) is 0 Å². The lowest BCUT2D eigenvalue weighted by Gasteiger charge is -2.23. The van der Waals surface area contributed by atoms with E-state index in [1.807, 2.05) is 13.8 Å². The Morgan fingerprint density at radius 3 is 1.43 bits per heavy atom. The van der Waals surface area contributed by atoms with Crippen LogP contribution in [0.25, 0.3) is 0 Å². The van der Waals surface area contributed by atoms with Crippen LogP contribution in [-0.4, -0.2) is 61.1 Å². The third-order valence-electron chi connectivity index (χ3n) is 5.58. The average molecular weight is 417 g/mol. The summed E-state index contributed by atoms with van der Waals surface area (Å²) in [4.78, 5) is 28.3. The number of carbonyl (C=O) groups is 2. The number of esters is 2. The van der Waals surface area contributed by atoms with Gasteiger partial charge in [-0.1, -0.05) is 24.3 Å². The summed E-state index contributed by atoms with van der Waals surface area (Å²) in [5.41, 5.74) is 2.39. The summed E-state index contributed by atoms with van der Waals surface area (Å²) in [5, 5.41) is 0. The normalized spacial score (nSPS) is 16.1. The molecule has 6 nitrogen and oxygen atoms in total. The fourth-order valence-electron chi connectivity index (χ4n) is 3.75. The van der Waals surface area contributed by atoms with Crippen molar-refractivity contribution in [2.75, 3.05) is 39.4 Å². The zero-order chi connectivity index (χ0) is 21.3. The van der Waals surface area contributed by atoms with Crippen LogP contribution in [0.4, 0.5) is 0 Å². The van der Waals surface area contributed by atoms with Crippen molar-refractivity contribution in [3.63, 3.8) is 0 Å². The number of ether oxygens (including phenoxy) is 2. The highest BCUT2D eigenvalue weighted by Gasteiger charge is 2.27. The van der Waals surface area contributed by atoms with Gasteiger partial charge in [-0.25, -0.2) is 0 Å². The first-order chi connectivity index (χ1) is 14.6. The number of hydrogen-bond acceptors (Lipinski definition) is 6. The molecule has 30 heavy (non-hydrogen) atoms. The Labute approximate surface area is 180 Å². The predicted octanol–water partition coefficient (Wildman–Crippen LogP) is 3.24. The molecule has 1 aromatic carbocycles. The second-order valence-corrected chi connectivity index (χ2v) is 8.65. The second-order valence-electron chi connectivity index (χ2n) is 8.65. The molecule has 0 N–H and O–H groups in total. The highest BCUT2D eigenvalue weighted by molar-refractivity contribution is 5.72.